The average molecular weight is 633 g/mol. The molecule has 0 saturated carbocycles. The summed E-state index contributed by atoms with van der Waals surface area (Å²) in [7, 11) is 1.29. The number of anilines is 1. The van der Waals surface area contributed by atoms with Gasteiger partial charge in [-0.1, -0.05) is 78.9 Å². The summed E-state index contributed by atoms with van der Waals surface area (Å²) in [5, 5.41) is 18.4. The lowest BCUT2D eigenvalue weighted by molar-refractivity contribution is -0.119. The van der Waals surface area contributed by atoms with Crippen LogP contribution in [0, 0.1) is 11.3 Å². The number of hydrogen-bond acceptors (Lipinski definition) is 7. The van der Waals surface area contributed by atoms with Crippen molar-refractivity contribution in [3.05, 3.63) is 131 Å². The molecule has 3 unspecified atom stereocenters. The number of para-hydroxylation sites is 1. The monoisotopic (exact) mass is 632 g/mol. The van der Waals surface area contributed by atoms with Gasteiger partial charge in [-0.2, -0.15) is 5.26 Å². The lowest BCUT2D eigenvalue weighted by Gasteiger charge is -2.38. The van der Waals surface area contributed by atoms with E-state index in [2.05, 4.69) is 22.0 Å². The van der Waals surface area contributed by atoms with Gasteiger partial charge in [0.25, 0.3) is 0 Å². The molecular formula is C38H40N4O5. The predicted octanol–water partition coefficient (Wildman–Crippen LogP) is 5.60. The molecule has 1 saturated heterocycles. The maximum atomic E-state index is 14.2. The molecule has 0 radical (unpaired) electrons. The summed E-state index contributed by atoms with van der Waals surface area (Å²) in [6, 6.07) is 35.2. The minimum absolute atomic E-state index is 0.0461. The van der Waals surface area contributed by atoms with E-state index in [0.717, 1.165) is 23.1 Å². The van der Waals surface area contributed by atoms with Crippen LogP contribution in [-0.4, -0.2) is 57.1 Å². The molecule has 3 atom stereocenters. The van der Waals surface area contributed by atoms with Gasteiger partial charge < -0.3 is 30.2 Å². The molecule has 1 aliphatic heterocycles. The Hall–Kier alpha value is -5.17. The molecule has 5 rings (SSSR count). The number of alkyl carbamates (subject to hydrolysis) is 1. The number of nitrogens with zero attached hydrogens (tertiary/aromatic N) is 1. The third kappa shape index (κ3) is 8.36. The van der Waals surface area contributed by atoms with Gasteiger partial charge in [0.05, 0.1) is 24.8 Å². The largest absolute Gasteiger partial charge is 0.491 e. The molecule has 1 fully saturated rings. The number of nitriles is 1. The second-order valence-electron chi connectivity index (χ2n) is 11.7. The molecule has 4 aromatic rings. The van der Waals surface area contributed by atoms with Crippen LogP contribution in [0.15, 0.2) is 109 Å². The Kier molecular flexibility index (Phi) is 11.2. The van der Waals surface area contributed by atoms with Crippen molar-refractivity contribution in [2.24, 2.45) is 0 Å². The third-order valence-electron chi connectivity index (χ3n) is 8.59. The fourth-order valence-corrected chi connectivity index (χ4v) is 5.96. The zero-order valence-electron chi connectivity index (χ0n) is 26.6. The molecule has 9 heteroatoms. The minimum atomic E-state index is -1.00. The van der Waals surface area contributed by atoms with Gasteiger partial charge in [-0.25, -0.2) is 4.79 Å². The molecule has 2 amide bonds. The first-order valence-corrected chi connectivity index (χ1v) is 15.7. The number of benzene rings is 4. The molecule has 242 valence electrons. The lowest BCUT2D eigenvalue weighted by Crippen LogP contribution is -2.56. The van der Waals surface area contributed by atoms with E-state index in [9.17, 15) is 9.59 Å². The molecule has 4 aromatic carbocycles. The SMILES string of the molecule is COC(=O)NC(C(=O)Nc1ccccc1CCC1CNCC(COc2ccc(C#N)cc2)O1)C(C)(c1ccccc1)c1ccccc1. The van der Waals surface area contributed by atoms with Crippen molar-refractivity contribution in [3.8, 4) is 11.8 Å². The summed E-state index contributed by atoms with van der Waals surface area (Å²) >= 11 is 0. The van der Waals surface area contributed by atoms with Gasteiger partial charge in [0, 0.05) is 24.2 Å². The Balaban J connectivity index is 1.29. The van der Waals surface area contributed by atoms with E-state index in [0.29, 0.717) is 43.1 Å². The molecule has 0 aliphatic carbocycles. The molecular weight excluding hydrogens is 592 g/mol. The van der Waals surface area contributed by atoms with Crippen molar-refractivity contribution >= 4 is 17.7 Å². The number of hydrogen-bond donors (Lipinski definition) is 3. The van der Waals surface area contributed by atoms with Crippen molar-refractivity contribution in [2.75, 3.05) is 32.1 Å². The summed E-state index contributed by atoms with van der Waals surface area (Å²) < 4.78 is 17.2. The smallest absolute Gasteiger partial charge is 0.407 e. The molecule has 0 spiro atoms. The highest BCUT2D eigenvalue weighted by Crippen LogP contribution is 2.36. The molecule has 1 heterocycles. The highest BCUT2D eigenvalue weighted by atomic mass is 16.5. The van der Waals surface area contributed by atoms with Gasteiger partial charge in [-0.15, -0.1) is 0 Å². The zero-order chi connectivity index (χ0) is 33.1. The first-order valence-electron chi connectivity index (χ1n) is 15.7. The van der Waals surface area contributed by atoms with Crippen LogP contribution in [0.25, 0.3) is 0 Å². The highest BCUT2D eigenvalue weighted by Gasteiger charge is 2.43. The number of amides is 2. The van der Waals surface area contributed by atoms with Crippen LogP contribution in [0.3, 0.4) is 0 Å². The number of carbonyl (C=O) groups excluding carboxylic acids is 2. The summed E-state index contributed by atoms with van der Waals surface area (Å²) in [6.45, 7) is 3.73. The molecule has 1 aliphatic rings. The van der Waals surface area contributed by atoms with E-state index >= 15 is 0 Å². The second kappa shape index (κ2) is 15.9. The van der Waals surface area contributed by atoms with Crippen LogP contribution < -0.4 is 20.7 Å². The normalized spacial score (nSPS) is 16.7. The molecule has 9 nitrogen and oxygen atoms in total. The van der Waals surface area contributed by atoms with E-state index < -0.39 is 17.6 Å². The first kappa shape index (κ1) is 33.2. The maximum Gasteiger partial charge on any atom is 0.407 e. The van der Waals surface area contributed by atoms with E-state index in [1.807, 2.05) is 91.9 Å². The number of carbonyl (C=O) groups is 2. The van der Waals surface area contributed by atoms with E-state index in [1.54, 1.807) is 24.3 Å². The molecule has 0 aromatic heterocycles. The van der Waals surface area contributed by atoms with Crippen molar-refractivity contribution in [1.82, 2.24) is 10.6 Å². The Labute approximate surface area is 275 Å². The van der Waals surface area contributed by atoms with Gasteiger partial charge >= 0.3 is 6.09 Å². The van der Waals surface area contributed by atoms with Gasteiger partial charge in [0.2, 0.25) is 5.91 Å². The second-order valence-corrected chi connectivity index (χ2v) is 11.7. The highest BCUT2D eigenvalue weighted by molar-refractivity contribution is 5.99. The molecule has 0 bridgehead atoms. The van der Waals surface area contributed by atoms with Crippen molar-refractivity contribution in [2.45, 2.75) is 43.4 Å². The topological polar surface area (TPSA) is 122 Å². The Morgan fingerprint density at radius 1 is 0.915 bits per heavy atom. The van der Waals surface area contributed by atoms with Crippen LogP contribution in [0.1, 0.15) is 35.6 Å². The quantitative estimate of drug-likeness (QED) is 0.186. The fraction of sp³-hybridized carbons (Fsp3) is 0.289. The van der Waals surface area contributed by atoms with Gasteiger partial charge in [-0.3, -0.25) is 4.79 Å². The number of nitrogens with one attached hydrogen (secondary N) is 3. The van der Waals surface area contributed by atoms with Crippen LogP contribution in [0.4, 0.5) is 10.5 Å². The summed E-state index contributed by atoms with van der Waals surface area (Å²) in [6.07, 6.45) is 0.517. The average Bonchev–Trinajstić information content (AvgIpc) is 3.13. The van der Waals surface area contributed by atoms with Gasteiger partial charge in [0.15, 0.2) is 0 Å². The van der Waals surface area contributed by atoms with Crippen LogP contribution in [0.2, 0.25) is 0 Å². The standard InChI is InChI=1S/C38H40N4O5/c1-38(29-12-5-3-6-13-29,30-14-7-4-8-15-30)35(42-37(44)45-2)36(43)41-34-16-10-9-11-28(34)19-22-32-24-40-25-33(47-32)26-46-31-20-17-27(23-39)18-21-31/h3-18,20-21,32-33,35,40H,19,22,24-26H2,1-2H3,(H,41,43)(H,42,44). The van der Waals surface area contributed by atoms with Crippen molar-refractivity contribution in [3.63, 3.8) is 0 Å². The Morgan fingerprint density at radius 3 is 2.17 bits per heavy atom. The predicted molar refractivity (Wildman–Crippen MR) is 180 cm³/mol. The first-order chi connectivity index (χ1) is 22.9. The van der Waals surface area contributed by atoms with Crippen LogP contribution >= 0.6 is 0 Å². The third-order valence-corrected chi connectivity index (χ3v) is 8.59. The Bertz CT molecular complexity index is 1620. The molecule has 47 heavy (non-hydrogen) atoms. The number of aryl methyl sites for hydroxylation is 1. The van der Waals surface area contributed by atoms with Crippen molar-refractivity contribution in [1.29, 1.82) is 5.26 Å². The fourth-order valence-electron chi connectivity index (χ4n) is 5.96. The summed E-state index contributed by atoms with van der Waals surface area (Å²) in [5.74, 6) is 0.323. The number of methoxy groups -OCH3 is 1. The van der Waals surface area contributed by atoms with Crippen LogP contribution in [0.5, 0.6) is 5.75 Å². The Morgan fingerprint density at radius 2 is 1.53 bits per heavy atom. The van der Waals surface area contributed by atoms with Gasteiger partial charge in [0.1, 0.15) is 24.5 Å². The summed E-state index contributed by atoms with van der Waals surface area (Å²) in [5.41, 5.74) is 3.03. The molecule has 3 N–H and O–H groups in total. The van der Waals surface area contributed by atoms with Crippen molar-refractivity contribution < 1.29 is 23.8 Å². The number of morpholine rings is 1. The number of rotatable bonds is 12. The van der Waals surface area contributed by atoms with Gasteiger partial charge in [-0.05, 0) is 66.8 Å². The summed E-state index contributed by atoms with van der Waals surface area (Å²) in [4.78, 5) is 26.9. The van der Waals surface area contributed by atoms with Crippen LogP contribution in [-0.2, 0) is 26.1 Å². The van der Waals surface area contributed by atoms with E-state index in [4.69, 9.17) is 19.5 Å². The van der Waals surface area contributed by atoms with E-state index in [1.165, 1.54) is 7.11 Å². The number of ether oxygens (including phenoxy) is 3. The zero-order valence-corrected chi connectivity index (χ0v) is 26.6. The lowest BCUT2D eigenvalue weighted by atomic mass is 9.70. The maximum absolute atomic E-state index is 14.2. The minimum Gasteiger partial charge on any atom is -0.491 e. The van der Waals surface area contributed by atoms with E-state index in [-0.39, 0.29) is 18.1 Å².